The Hall–Kier alpha value is -2.69. The average molecular weight is 472 g/mol. The molecule has 0 aliphatic heterocycles. The van der Waals surface area contributed by atoms with Gasteiger partial charge in [0.1, 0.15) is 0 Å². The smallest absolute Gasteiger partial charge is 0.240 e. The third kappa shape index (κ3) is 5.13. The first-order chi connectivity index (χ1) is 15.8. The van der Waals surface area contributed by atoms with Crippen LogP contribution in [0.2, 0.25) is 0 Å². The molecule has 10 heteroatoms. The molecule has 1 aromatic carbocycles. The van der Waals surface area contributed by atoms with E-state index in [9.17, 15) is 8.42 Å². The van der Waals surface area contributed by atoms with E-state index in [1.807, 2.05) is 12.3 Å². The summed E-state index contributed by atoms with van der Waals surface area (Å²) in [5.74, 6) is 0.971. The van der Waals surface area contributed by atoms with Gasteiger partial charge in [0.15, 0.2) is 11.5 Å². The molecule has 1 saturated carbocycles. The fourth-order valence-corrected chi connectivity index (χ4v) is 5.45. The Morgan fingerprint density at radius 2 is 1.97 bits per heavy atom. The number of rotatable bonds is 8. The van der Waals surface area contributed by atoms with Crippen LogP contribution in [0.15, 0.2) is 41.6 Å². The molecule has 0 spiro atoms. The van der Waals surface area contributed by atoms with Gasteiger partial charge in [-0.3, -0.25) is 0 Å². The Morgan fingerprint density at radius 3 is 2.67 bits per heavy atom. The first kappa shape index (κ1) is 23.5. The first-order valence-electron chi connectivity index (χ1n) is 11.5. The second-order valence-electron chi connectivity index (χ2n) is 8.90. The number of nitrogens with two attached hydrogens (primary N) is 1. The zero-order valence-corrected chi connectivity index (χ0v) is 20.2. The summed E-state index contributed by atoms with van der Waals surface area (Å²) in [6.45, 7) is 6.33. The van der Waals surface area contributed by atoms with Gasteiger partial charge in [0.25, 0.3) is 0 Å². The van der Waals surface area contributed by atoms with Gasteiger partial charge in [-0.05, 0) is 49.8 Å². The maximum atomic E-state index is 12.5. The molecule has 1 aliphatic carbocycles. The highest BCUT2D eigenvalue weighted by atomic mass is 32.2. The third-order valence-electron chi connectivity index (χ3n) is 6.02. The molecule has 2 aromatic heterocycles. The maximum Gasteiger partial charge on any atom is 0.240 e. The second kappa shape index (κ2) is 9.66. The van der Waals surface area contributed by atoms with E-state index in [1.54, 1.807) is 35.8 Å². The minimum absolute atomic E-state index is 0.156. The van der Waals surface area contributed by atoms with Crippen molar-refractivity contribution in [3.8, 4) is 0 Å². The van der Waals surface area contributed by atoms with Crippen molar-refractivity contribution < 1.29 is 8.42 Å². The molecular formula is C23H33N7O2S. The van der Waals surface area contributed by atoms with Gasteiger partial charge in [0, 0.05) is 42.3 Å². The summed E-state index contributed by atoms with van der Waals surface area (Å²) in [6.07, 6.45) is 7.55. The van der Waals surface area contributed by atoms with Crippen molar-refractivity contribution in [2.24, 2.45) is 5.73 Å². The number of benzene rings is 1. The number of nitrogens with one attached hydrogen (secondary N) is 3. The zero-order valence-electron chi connectivity index (χ0n) is 19.4. The monoisotopic (exact) mass is 471 g/mol. The minimum Gasteiger partial charge on any atom is -0.366 e. The largest absolute Gasteiger partial charge is 0.366 e. The van der Waals surface area contributed by atoms with Crippen LogP contribution in [0.25, 0.3) is 5.65 Å². The number of anilines is 3. The lowest BCUT2D eigenvalue weighted by Crippen LogP contribution is -2.33. The Labute approximate surface area is 195 Å². The lowest BCUT2D eigenvalue weighted by atomic mass is 9.91. The number of aromatic nitrogens is 3. The lowest BCUT2D eigenvalue weighted by Gasteiger charge is -2.29. The summed E-state index contributed by atoms with van der Waals surface area (Å²) in [6, 6.07) is 7.40. The molecule has 178 valence electrons. The Balaban J connectivity index is 1.74. The van der Waals surface area contributed by atoms with E-state index in [2.05, 4.69) is 34.2 Å². The van der Waals surface area contributed by atoms with E-state index in [-0.39, 0.29) is 16.9 Å². The van der Waals surface area contributed by atoms with Crippen LogP contribution in [0.5, 0.6) is 0 Å². The molecule has 9 nitrogen and oxygen atoms in total. The fourth-order valence-electron chi connectivity index (χ4n) is 4.36. The van der Waals surface area contributed by atoms with Crippen LogP contribution >= 0.6 is 0 Å². The molecule has 4 rings (SSSR count). The van der Waals surface area contributed by atoms with E-state index < -0.39 is 10.0 Å². The van der Waals surface area contributed by atoms with Gasteiger partial charge in [-0.25, -0.2) is 22.6 Å². The van der Waals surface area contributed by atoms with Gasteiger partial charge in [-0.15, -0.1) is 5.10 Å². The van der Waals surface area contributed by atoms with Crippen molar-refractivity contribution >= 4 is 32.9 Å². The zero-order chi connectivity index (χ0) is 23.6. The van der Waals surface area contributed by atoms with Crippen LogP contribution in [0.1, 0.15) is 57.9 Å². The third-order valence-corrected chi connectivity index (χ3v) is 7.56. The molecule has 0 unspecified atom stereocenters. The van der Waals surface area contributed by atoms with E-state index in [4.69, 9.17) is 10.8 Å². The lowest BCUT2D eigenvalue weighted by molar-refractivity contribution is 0.410. The van der Waals surface area contributed by atoms with Crippen LogP contribution in [-0.4, -0.2) is 41.6 Å². The first-order valence-corrected chi connectivity index (χ1v) is 13.0. The van der Waals surface area contributed by atoms with Gasteiger partial charge in [-0.1, -0.05) is 26.8 Å². The van der Waals surface area contributed by atoms with E-state index >= 15 is 0 Å². The van der Waals surface area contributed by atoms with Gasteiger partial charge in [0.2, 0.25) is 10.0 Å². The van der Waals surface area contributed by atoms with Gasteiger partial charge in [-0.2, -0.15) is 0 Å². The molecule has 0 atom stereocenters. The highest BCUT2D eigenvalue weighted by Crippen LogP contribution is 2.36. The van der Waals surface area contributed by atoms with Crippen LogP contribution < -0.4 is 21.1 Å². The van der Waals surface area contributed by atoms with Crippen molar-refractivity contribution in [2.75, 3.05) is 17.2 Å². The summed E-state index contributed by atoms with van der Waals surface area (Å²) in [5, 5.41) is 11.9. The molecule has 5 N–H and O–H groups in total. The van der Waals surface area contributed by atoms with Crippen LogP contribution in [0.3, 0.4) is 0 Å². The Morgan fingerprint density at radius 1 is 1.21 bits per heavy atom. The molecule has 2 heterocycles. The van der Waals surface area contributed by atoms with Crippen molar-refractivity contribution in [1.29, 1.82) is 0 Å². The summed E-state index contributed by atoms with van der Waals surface area (Å²) in [7, 11) is -3.56. The van der Waals surface area contributed by atoms with Crippen LogP contribution in [0, 0.1) is 0 Å². The average Bonchev–Trinajstić information content (AvgIpc) is 3.24. The predicted molar refractivity (Wildman–Crippen MR) is 132 cm³/mol. The number of hydrogen-bond donors (Lipinski definition) is 4. The normalized spacial score (nSPS) is 19.2. The standard InChI is InChI=1S/C23H33N7O2S/c1-4-26-33(31,32)19-7-5-6-18(14-19)27-21-20(15(2)3)22(29-30-13-12-25-23(21)30)28-17-10-8-16(24)9-11-17/h5-7,12-17,26-27H,4,8-11,24H2,1-3H3,(H,28,29)/t16-,17-. The quantitative estimate of drug-likeness (QED) is 0.395. The SMILES string of the molecule is CCNS(=O)(=O)c1cccc(Nc2c(C(C)C)c(N[C@H]3CC[C@H](N)CC3)nn3ccnc23)c1. The summed E-state index contributed by atoms with van der Waals surface area (Å²) in [5.41, 5.74) is 9.28. The Bertz CT molecular complexity index is 1210. The van der Waals surface area contributed by atoms with Gasteiger partial charge >= 0.3 is 0 Å². The van der Waals surface area contributed by atoms with Gasteiger partial charge in [0.05, 0.1) is 10.6 Å². The maximum absolute atomic E-state index is 12.5. The number of imidazole rings is 1. The molecule has 3 aromatic rings. The molecular weight excluding hydrogens is 438 g/mol. The number of fused-ring (bicyclic) bond motifs is 1. The van der Waals surface area contributed by atoms with Crippen LogP contribution in [-0.2, 0) is 10.0 Å². The molecule has 0 bridgehead atoms. The Kier molecular flexibility index (Phi) is 6.87. The van der Waals surface area contributed by atoms with Gasteiger partial charge < -0.3 is 16.4 Å². The fraction of sp³-hybridized carbons (Fsp3) is 0.478. The van der Waals surface area contributed by atoms with E-state index in [1.165, 1.54) is 0 Å². The highest BCUT2D eigenvalue weighted by Gasteiger charge is 2.24. The van der Waals surface area contributed by atoms with Crippen molar-refractivity contribution in [3.63, 3.8) is 0 Å². The van der Waals surface area contributed by atoms with Crippen LogP contribution in [0.4, 0.5) is 17.2 Å². The predicted octanol–water partition coefficient (Wildman–Crippen LogP) is 3.58. The topological polar surface area (TPSA) is 126 Å². The minimum atomic E-state index is -3.56. The number of hydrogen-bond acceptors (Lipinski definition) is 7. The number of sulfonamides is 1. The molecule has 0 amide bonds. The van der Waals surface area contributed by atoms with Crippen molar-refractivity contribution in [2.45, 2.75) is 69.4 Å². The second-order valence-corrected chi connectivity index (χ2v) is 10.7. The summed E-state index contributed by atoms with van der Waals surface area (Å²) in [4.78, 5) is 4.73. The van der Waals surface area contributed by atoms with Crippen molar-refractivity contribution in [1.82, 2.24) is 19.3 Å². The summed E-state index contributed by atoms with van der Waals surface area (Å²) >= 11 is 0. The van der Waals surface area contributed by atoms with Crippen molar-refractivity contribution in [3.05, 3.63) is 42.2 Å². The number of nitrogens with zero attached hydrogens (tertiary/aromatic N) is 3. The van der Waals surface area contributed by atoms with E-state index in [0.29, 0.717) is 23.9 Å². The molecule has 1 fully saturated rings. The molecule has 33 heavy (non-hydrogen) atoms. The molecule has 1 aliphatic rings. The summed E-state index contributed by atoms with van der Waals surface area (Å²) < 4.78 is 29.3. The highest BCUT2D eigenvalue weighted by molar-refractivity contribution is 7.89. The van der Waals surface area contributed by atoms with E-state index in [0.717, 1.165) is 42.8 Å². The molecule has 0 radical (unpaired) electrons. The molecule has 0 saturated heterocycles.